The summed E-state index contributed by atoms with van der Waals surface area (Å²) in [5.41, 5.74) is 2.44. The smallest absolute Gasteiger partial charge is 0.221 e. The first kappa shape index (κ1) is 10.1. The van der Waals surface area contributed by atoms with Crippen molar-refractivity contribution in [3.05, 3.63) is 30.0 Å². The molecule has 0 unspecified atom stereocenters. The normalized spacial score (nSPS) is 9.50. The van der Waals surface area contributed by atoms with Gasteiger partial charge >= 0.3 is 0 Å². The highest BCUT2D eigenvalue weighted by Crippen LogP contribution is 2.22. The van der Waals surface area contributed by atoms with E-state index in [9.17, 15) is 4.79 Å². The lowest BCUT2D eigenvalue weighted by atomic mass is 10.1. The Hall–Kier alpha value is -2.39. The van der Waals surface area contributed by atoms with Crippen LogP contribution in [0.5, 0.6) is 0 Å². The summed E-state index contributed by atoms with van der Waals surface area (Å²) in [7, 11) is 0. The summed E-state index contributed by atoms with van der Waals surface area (Å²) in [6.45, 7) is 1.47. The maximum atomic E-state index is 11.0. The summed E-state index contributed by atoms with van der Waals surface area (Å²) in [5.74, 6) is 2.45. The van der Waals surface area contributed by atoms with Crippen molar-refractivity contribution in [3.8, 4) is 12.3 Å². The molecule has 0 aliphatic rings. The molecule has 0 fully saturated rings. The second kappa shape index (κ2) is 4.00. The fourth-order valence-corrected chi connectivity index (χ4v) is 1.54. The summed E-state index contributed by atoms with van der Waals surface area (Å²) in [5, 5.41) is 3.64. The van der Waals surface area contributed by atoms with E-state index in [1.54, 1.807) is 6.20 Å². The van der Waals surface area contributed by atoms with Gasteiger partial charge in [-0.3, -0.25) is 4.79 Å². The Labute approximate surface area is 93.9 Å². The van der Waals surface area contributed by atoms with Crippen molar-refractivity contribution in [2.75, 3.05) is 5.32 Å². The number of amides is 1. The zero-order chi connectivity index (χ0) is 11.5. The Bertz CT molecular complexity index is 575. The fourth-order valence-electron chi connectivity index (χ4n) is 1.54. The van der Waals surface area contributed by atoms with E-state index in [0.717, 1.165) is 22.2 Å². The molecule has 1 heterocycles. The maximum Gasteiger partial charge on any atom is 0.221 e. The van der Waals surface area contributed by atoms with Crippen molar-refractivity contribution < 1.29 is 4.79 Å². The van der Waals surface area contributed by atoms with E-state index in [2.05, 4.69) is 28.4 Å². The summed E-state index contributed by atoms with van der Waals surface area (Å²) in [4.78, 5) is 14.0. The second-order valence-electron chi connectivity index (χ2n) is 3.47. The first-order chi connectivity index (χ1) is 7.70. The van der Waals surface area contributed by atoms with Gasteiger partial charge in [0.15, 0.2) is 0 Å². The van der Waals surface area contributed by atoms with Crippen molar-refractivity contribution >= 4 is 22.5 Å². The molecule has 1 aromatic carbocycles. The Morgan fingerprint density at radius 1 is 1.62 bits per heavy atom. The van der Waals surface area contributed by atoms with E-state index >= 15 is 0 Å². The van der Waals surface area contributed by atoms with Crippen LogP contribution in [0.4, 0.5) is 5.69 Å². The number of carbonyl (C=O) groups is 1. The summed E-state index contributed by atoms with van der Waals surface area (Å²) < 4.78 is 0. The van der Waals surface area contributed by atoms with E-state index < -0.39 is 0 Å². The highest BCUT2D eigenvalue weighted by Gasteiger charge is 2.04. The predicted octanol–water partition coefficient (Wildman–Crippen LogP) is 1.90. The minimum Gasteiger partial charge on any atom is -0.352 e. The molecule has 0 saturated heterocycles. The Morgan fingerprint density at radius 2 is 2.44 bits per heavy atom. The molecule has 78 valence electrons. The van der Waals surface area contributed by atoms with Crippen LogP contribution in [0.15, 0.2) is 12.3 Å². The molecule has 0 aliphatic carbocycles. The first-order valence-corrected chi connectivity index (χ1v) is 4.85. The third-order valence-corrected chi connectivity index (χ3v) is 2.19. The molecule has 0 radical (unpaired) electrons. The van der Waals surface area contributed by atoms with Crippen molar-refractivity contribution in [2.45, 2.75) is 13.3 Å². The minimum absolute atomic E-state index is 0.104. The molecule has 2 N–H and O–H groups in total. The van der Waals surface area contributed by atoms with E-state index in [4.69, 9.17) is 6.42 Å². The number of terminal acetylenes is 1. The number of fused-ring (bicyclic) bond motifs is 1. The van der Waals surface area contributed by atoms with Crippen LogP contribution in [0.25, 0.3) is 10.9 Å². The third kappa shape index (κ3) is 1.85. The Kier molecular flexibility index (Phi) is 2.54. The van der Waals surface area contributed by atoms with Crippen molar-refractivity contribution in [1.82, 2.24) is 4.98 Å². The molecule has 3 heteroatoms. The van der Waals surface area contributed by atoms with Gasteiger partial charge in [0.25, 0.3) is 0 Å². The Balaban J connectivity index is 2.47. The van der Waals surface area contributed by atoms with Crippen LogP contribution in [0.1, 0.15) is 12.5 Å². The zero-order valence-corrected chi connectivity index (χ0v) is 8.85. The number of nitrogens with one attached hydrogen (secondary N) is 2. The van der Waals surface area contributed by atoms with Gasteiger partial charge in [0.1, 0.15) is 0 Å². The van der Waals surface area contributed by atoms with Crippen LogP contribution in [0.2, 0.25) is 0 Å². The summed E-state index contributed by atoms with van der Waals surface area (Å²) in [6.07, 6.45) is 7.48. The average Bonchev–Trinajstić information content (AvgIpc) is 2.61. The van der Waals surface area contributed by atoms with Crippen molar-refractivity contribution in [2.24, 2.45) is 0 Å². The molecule has 0 atom stereocenters. The molecular formula is C13H10N2O. The number of rotatable bonds is 2. The highest BCUT2D eigenvalue weighted by atomic mass is 16.1. The molecular weight excluding hydrogens is 200 g/mol. The lowest BCUT2D eigenvalue weighted by Gasteiger charge is -1.98. The lowest BCUT2D eigenvalue weighted by molar-refractivity contribution is -0.114. The van der Waals surface area contributed by atoms with Crippen LogP contribution in [0, 0.1) is 24.5 Å². The van der Waals surface area contributed by atoms with Crippen molar-refractivity contribution in [1.29, 1.82) is 0 Å². The van der Waals surface area contributed by atoms with E-state index in [1.807, 2.05) is 6.07 Å². The molecule has 16 heavy (non-hydrogen) atoms. The van der Waals surface area contributed by atoms with Gasteiger partial charge in [-0.15, -0.1) is 12.3 Å². The number of carbonyl (C=O) groups excluding carboxylic acids is 1. The van der Waals surface area contributed by atoms with Gasteiger partial charge in [-0.25, -0.2) is 0 Å². The number of anilines is 1. The van der Waals surface area contributed by atoms with Crippen LogP contribution in [-0.4, -0.2) is 10.9 Å². The number of hydrogen-bond donors (Lipinski definition) is 2. The molecule has 2 rings (SSSR count). The van der Waals surface area contributed by atoms with E-state index in [0.29, 0.717) is 6.42 Å². The van der Waals surface area contributed by atoms with Gasteiger partial charge < -0.3 is 10.3 Å². The highest BCUT2D eigenvalue weighted by molar-refractivity contribution is 6.00. The van der Waals surface area contributed by atoms with Gasteiger partial charge in [0.05, 0.1) is 11.2 Å². The number of H-pyrrole nitrogens is 1. The van der Waals surface area contributed by atoms with Gasteiger partial charge in [0.2, 0.25) is 5.91 Å². The van der Waals surface area contributed by atoms with Gasteiger partial charge in [-0.2, -0.15) is 0 Å². The number of aromatic nitrogens is 1. The number of aromatic amines is 1. The monoisotopic (exact) mass is 210 g/mol. The molecule has 1 aromatic heterocycles. The van der Waals surface area contributed by atoms with E-state index in [1.165, 1.54) is 6.92 Å². The molecule has 0 aliphatic heterocycles. The van der Waals surface area contributed by atoms with Gasteiger partial charge in [0, 0.05) is 30.5 Å². The maximum absolute atomic E-state index is 11.0. The standard InChI is InChI=1S/C13H10N2O/c1-3-4-10-5-6-12-11(7-10)13(8-14-12)15-9(2)16/h1,7-8,14H,4H2,2H3,(H,15,16). The van der Waals surface area contributed by atoms with Crippen LogP contribution < -0.4 is 5.32 Å². The molecule has 0 bridgehead atoms. The van der Waals surface area contributed by atoms with E-state index in [-0.39, 0.29) is 5.91 Å². The van der Waals surface area contributed by atoms with Crippen LogP contribution in [0.3, 0.4) is 0 Å². The van der Waals surface area contributed by atoms with Crippen LogP contribution >= 0.6 is 0 Å². The molecule has 0 spiro atoms. The molecule has 2 aromatic rings. The predicted molar refractivity (Wildman–Crippen MR) is 62.8 cm³/mol. The minimum atomic E-state index is -0.104. The quantitative estimate of drug-likeness (QED) is 0.730. The first-order valence-electron chi connectivity index (χ1n) is 4.85. The summed E-state index contributed by atoms with van der Waals surface area (Å²) >= 11 is 0. The Morgan fingerprint density at radius 3 is 3.12 bits per heavy atom. The topological polar surface area (TPSA) is 44.9 Å². The largest absolute Gasteiger partial charge is 0.352 e. The molecule has 0 saturated carbocycles. The SMILES string of the molecule is C#CCc1c#cc2[nH]cc(NC(C)=O)c2c1. The third-order valence-electron chi connectivity index (χ3n) is 2.19. The molecule has 3 nitrogen and oxygen atoms in total. The van der Waals surface area contributed by atoms with Gasteiger partial charge in [-0.05, 0) is 12.1 Å². The van der Waals surface area contributed by atoms with Gasteiger partial charge in [-0.1, -0.05) is 6.07 Å². The summed E-state index contributed by atoms with van der Waals surface area (Å²) in [6, 6.07) is 7.85. The van der Waals surface area contributed by atoms with Crippen molar-refractivity contribution in [3.63, 3.8) is 0 Å². The average molecular weight is 210 g/mol. The fraction of sp³-hybridized carbons (Fsp3) is 0.154. The number of hydrogen-bond acceptors (Lipinski definition) is 1. The molecule has 1 amide bonds. The second-order valence-corrected chi connectivity index (χ2v) is 3.47. The lowest BCUT2D eigenvalue weighted by Crippen LogP contribution is -2.04. The zero-order valence-electron chi connectivity index (χ0n) is 8.85. The van der Waals surface area contributed by atoms with Crippen LogP contribution in [-0.2, 0) is 11.2 Å².